The number of anilines is 1. The number of carbonyl (C=O) groups is 3. The second-order valence-corrected chi connectivity index (χ2v) is 8.35. The predicted octanol–water partition coefficient (Wildman–Crippen LogP) is 5.19. The number of carbonyl (C=O) groups excluding carboxylic acids is 3. The van der Waals surface area contributed by atoms with Crippen molar-refractivity contribution in [1.82, 2.24) is 4.90 Å². The van der Waals surface area contributed by atoms with Gasteiger partial charge >= 0.3 is 0 Å². The Bertz CT molecular complexity index is 1270. The largest absolute Gasteiger partial charge is 0.496 e. The summed E-state index contributed by atoms with van der Waals surface area (Å²) in [7, 11) is 3.09. The van der Waals surface area contributed by atoms with E-state index >= 15 is 0 Å². The summed E-state index contributed by atoms with van der Waals surface area (Å²) in [5.74, 6) is 0.533. The molecule has 8 heteroatoms. The molecule has 0 aliphatic carbocycles. The van der Waals surface area contributed by atoms with E-state index in [0.717, 1.165) is 22.9 Å². The highest BCUT2D eigenvalue weighted by Gasteiger charge is 2.35. The maximum atomic E-state index is 12.9. The minimum atomic E-state index is -0.362. The monoisotopic (exact) mass is 474 g/mol. The van der Waals surface area contributed by atoms with Gasteiger partial charge in [-0.15, -0.1) is 0 Å². The van der Waals surface area contributed by atoms with Gasteiger partial charge in [-0.1, -0.05) is 42.5 Å². The molecule has 0 radical (unpaired) electrons. The summed E-state index contributed by atoms with van der Waals surface area (Å²) in [4.78, 5) is 39.5. The highest BCUT2D eigenvalue weighted by atomic mass is 32.2. The van der Waals surface area contributed by atoms with Crippen LogP contribution in [0.25, 0.3) is 6.08 Å². The lowest BCUT2D eigenvalue weighted by atomic mass is 10.1. The summed E-state index contributed by atoms with van der Waals surface area (Å²) in [6, 6.07) is 21.2. The van der Waals surface area contributed by atoms with Crippen molar-refractivity contribution in [3.8, 4) is 11.5 Å². The fourth-order valence-corrected chi connectivity index (χ4v) is 4.28. The lowest BCUT2D eigenvalue weighted by Crippen LogP contribution is -2.27. The molecule has 3 aromatic carbocycles. The topological polar surface area (TPSA) is 84.9 Å². The second-order valence-electron chi connectivity index (χ2n) is 7.36. The van der Waals surface area contributed by atoms with Gasteiger partial charge in [-0.25, -0.2) is 0 Å². The van der Waals surface area contributed by atoms with Crippen LogP contribution in [0.5, 0.6) is 11.5 Å². The lowest BCUT2D eigenvalue weighted by Gasteiger charge is -2.13. The molecular weight excluding hydrogens is 452 g/mol. The molecule has 0 saturated carbocycles. The molecule has 3 amide bonds. The number of imide groups is 1. The first-order valence-electron chi connectivity index (χ1n) is 10.4. The van der Waals surface area contributed by atoms with Crippen LogP contribution in [0, 0.1) is 0 Å². The van der Waals surface area contributed by atoms with Crippen molar-refractivity contribution >= 4 is 40.6 Å². The molecule has 3 aromatic rings. The Morgan fingerprint density at radius 1 is 0.912 bits per heavy atom. The average Bonchev–Trinajstić information content (AvgIpc) is 3.12. The van der Waals surface area contributed by atoms with Gasteiger partial charge in [0.25, 0.3) is 17.1 Å². The Balaban J connectivity index is 1.45. The van der Waals surface area contributed by atoms with Crippen molar-refractivity contribution in [3.05, 3.63) is 94.4 Å². The minimum Gasteiger partial charge on any atom is -0.496 e. The van der Waals surface area contributed by atoms with Crippen LogP contribution in [0.3, 0.4) is 0 Å². The van der Waals surface area contributed by atoms with Crippen LogP contribution < -0.4 is 14.8 Å². The van der Waals surface area contributed by atoms with Crippen LogP contribution in [-0.4, -0.2) is 36.2 Å². The summed E-state index contributed by atoms with van der Waals surface area (Å²) < 4.78 is 10.6. The number of nitrogens with zero attached hydrogens (tertiary/aromatic N) is 1. The van der Waals surface area contributed by atoms with E-state index in [-0.39, 0.29) is 23.6 Å². The Morgan fingerprint density at radius 2 is 1.56 bits per heavy atom. The Hall–Kier alpha value is -4.04. The number of amides is 3. The third-order valence-electron chi connectivity index (χ3n) is 5.21. The fraction of sp³-hybridized carbons (Fsp3) is 0.115. The molecule has 34 heavy (non-hydrogen) atoms. The zero-order chi connectivity index (χ0) is 24.1. The van der Waals surface area contributed by atoms with Gasteiger partial charge in [0.15, 0.2) is 0 Å². The Kier molecular flexibility index (Phi) is 6.98. The van der Waals surface area contributed by atoms with Crippen molar-refractivity contribution in [3.63, 3.8) is 0 Å². The first-order valence-corrected chi connectivity index (χ1v) is 11.2. The zero-order valence-corrected chi connectivity index (χ0v) is 19.4. The molecule has 1 N–H and O–H groups in total. The molecule has 0 atom stereocenters. The number of methoxy groups -OCH3 is 2. The van der Waals surface area contributed by atoms with E-state index in [1.165, 1.54) is 12.0 Å². The fourth-order valence-electron chi connectivity index (χ4n) is 3.45. The van der Waals surface area contributed by atoms with Crippen molar-refractivity contribution in [2.45, 2.75) is 6.54 Å². The molecule has 0 bridgehead atoms. The number of thioether (sulfide) groups is 1. The summed E-state index contributed by atoms with van der Waals surface area (Å²) in [5, 5.41) is 2.48. The number of hydrogen-bond donors (Lipinski definition) is 1. The number of ether oxygens (including phenoxy) is 2. The molecule has 0 unspecified atom stereocenters. The van der Waals surface area contributed by atoms with Gasteiger partial charge in [-0.3, -0.25) is 19.3 Å². The first-order chi connectivity index (χ1) is 16.5. The first kappa shape index (κ1) is 23.1. The Morgan fingerprint density at radius 3 is 2.26 bits per heavy atom. The van der Waals surface area contributed by atoms with Crippen molar-refractivity contribution in [2.75, 3.05) is 19.5 Å². The maximum absolute atomic E-state index is 12.9. The predicted molar refractivity (Wildman–Crippen MR) is 132 cm³/mol. The number of benzene rings is 3. The van der Waals surface area contributed by atoms with Gasteiger partial charge in [0.05, 0.1) is 31.4 Å². The van der Waals surface area contributed by atoms with Gasteiger partial charge in [-0.2, -0.15) is 0 Å². The molecule has 1 aliphatic heterocycles. The van der Waals surface area contributed by atoms with Crippen LogP contribution in [0.2, 0.25) is 0 Å². The van der Waals surface area contributed by atoms with Gasteiger partial charge in [0, 0.05) is 11.1 Å². The third-order valence-corrected chi connectivity index (χ3v) is 6.12. The summed E-state index contributed by atoms with van der Waals surface area (Å²) in [5.41, 5.74) is 2.47. The SMILES string of the molecule is COc1ccccc1/C=C1\SC(=O)N(Cc2ccc(C(=O)Nc3ccccc3OC)cc2)C1=O. The highest BCUT2D eigenvalue weighted by Crippen LogP contribution is 2.35. The molecule has 1 heterocycles. The standard InChI is InChI=1S/C26H22N2O5S/c1-32-21-9-5-3-7-19(21)15-23-25(30)28(26(31)34-23)16-17-11-13-18(14-12-17)24(29)27-20-8-4-6-10-22(20)33-2/h3-15H,16H2,1-2H3,(H,27,29)/b23-15-. The number of para-hydroxylation sites is 3. The summed E-state index contributed by atoms with van der Waals surface area (Å²) >= 11 is 0.895. The third kappa shape index (κ3) is 4.97. The minimum absolute atomic E-state index is 0.113. The van der Waals surface area contributed by atoms with Gasteiger partial charge < -0.3 is 14.8 Å². The highest BCUT2D eigenvalue weighted by molar-refractivity contribution is 8.18. The molecule has 7 nitrogen and oxygen atoms in total. The van der Waals surface area contributed by atoms with Crippen molar-refractivity contribution in [1.29, 1.82) is 0 Å². The van der Waals surface area contributed by atoms with E-state index in [1.807, 2.05) is 24.3 Å². The van der Waals surface area contributed by atoms with E-state index in [9.17, 15) is 14.4 Å². The van der Waals surface area contributed by atoms with Crippen LogP contribution in [0.15, 0.2) is 77.7 Å². The number of nitrogens with one attached hydrogen (secondary N) is 1. The van der Waals surface area contributed by atoms with Gasteiger partial charge in [0.2, 0.25) is 0 Å². The van der Waals surface area contributed by atoms with Crippen LogP contribution in [0.1, 0.15) is 21.5 Å². The van der Waals surface area contributed by atoms with Gasteiger partial charge in [0.1, 0.15) is 11.5 Å². The molecule has 0 aromatic heterocycles. The molecule has 172 valence electrons. The lowest BCUT2D eigenvalue weighted by molar-refractivity contribution is -0.123. The molecule has 0 spiro atoms. The molecule has 1 fully saturated rings. The molecule has 4 rings (SSSR count). The van der Waals surface area contributed by atoms with Crippen molar-refractivity contribution < 1.29 is 23.9 Å². The van der Waals surface area contributed by atoms with E-state index in [0.29, 0.717) is 27.7 Å². The second kappa shape index (κ2) is 10.3. The smallest absolute Gasteiger partial charge is 0.293 e. The van der Waals surface area contributed by atoms with E-state index in [2.05, 4.69) is 5.32 Å². The summed E-state index contributed by atoms with van der Waals surface area (Å²) in [6.45, 7) is 0.113. The van der Waals surface area contributed by atoms with E-state index in [1.54, 1.807) is 61.7 Å². The quantitative estimate of drug-likeness (QED) is 0.474. The average molecular weight is 475 g/mol. The Labute approximate surface area is 201 Å². The molecular formula is C26H22N2O5S. The number of rotatable bonds is 7. The van der Waals surface area contributed by atoms with E-state index < -0.39 is 0 Å². The maximum Gasteiger partial charge on any atom is 0.293 e. The van der Waals surface area contributed by atoms with Gasteiger partial charge in [-0.05, 0) is 53.7 Å². The molecule has 1 aliphatic rings. The number of hydrogen-bond acceptors (Lipinski definition) is 6. The van der Waals surface area contributed by atoms with Crippen LogP contribution >= 0.6 is 11.8 Å². The van der Waals surface area contributed by atoms with E-state index in [4.69, 9.17) is 9.47 Å². The van der Waals surface area contributed by atoms with Crippen LogP contribution in [-0.2, 0) is 11.3 Å². The molecule has 1 saturated heterocycles. The van der Waals surface area contributed by atoms with Crippen molar-refractivity contribution in [2.24, 2.45) is 0 Å². The zero-order valence-electron chi connectivity index (χ0n) is 18.6. The van der Waals surface area contributed by atoms with Crippen LogP contribution in [0.4, 0.5) is 10.5 Å². The summed E-state index contributed by atoms with van der Waals surface area (Å²) in [6.07, 6.45) is 1.66. The normalized spacial score (nSPS) is 14.4.